The molecule has 0 radical (unpaired) electrons. The second kappa shape index (κ2) is 8.73. The van der Waals surface area contributed by atoms with Crippen LogP contribution in [0.3, 0.4) is 0 Å². The zero-order chi connectivity index (χ0) is 22.1. The van der Waals surface area contributed by atoms with Crippen LogP contribution in [0.4, 0.5) is 0 Å². The summed E-state index contributed by atoms with van der Waals surface area (Å²) in [6, 6.07) is 10.2. The Balaban J connectivity index is 1.91. The molecule has 31 heavy (non-hydrogen) atoms. The fraction of sp³-hybridized carbons (Fsp3) is 0.333. The average Bonchev–Trinajstić information content (AvgIpc) is 3.04. The number of ether oxygens (including phenoxy) is 2. The number of hydrogen-bond donors (Lipinski definition) is 0. The van der Waals surface area contributed by atoms with E-state index in [4.69, 9.17) is 25.5 Å². The monoisotopic (exact) mass is 441 g/mol. The second-order valence-corrected chi connectivity index (χ2v) is 7.99. The molecule has 0 bridgehead atoms. The van der Waals surface area contributed by atoms with Crippen LogP contribution in [-0.2, 0) is 4.74 Å². The van der Waals surface area contributed by atoms with E-state index >= 15 is 0 Å². The molecule has 0 saturated heterocycles. The van der Waals surface area contributed by atoms with Crippen molar-refractivity contribution in [1.82, 2.24) is 4.90 Å². The van der Waals surface area contributed by atoms with Crippen molar-refractivity contribution in [2.24, 2.45) is 0 Å². The highest BCUT2D eigenvalue weighted by molar-refractivity contribution is 6.32. The van der Waals surface area contributed by atoms with Gasteiger partial charge in [0.1, 0.15) is 11.3 Å². The summed E-state index contributed by atoms with van der Waals surface area (Å²) in [5.41, 5.74) is 1.97. The van der Waals surface area contributed by atoms with Crippen molar-refractivity contribution in [3.05, 3.63) is 74.1 Å². The van der Waals surface area contributed by atoms with E-state index in [-0.39, 0.29) is 17.1 Å². The lowest BCUT2D eigenvalue weighted by atomic mass is 9.98. The third-order valence-corrected chi connectivity index (χ3v) is 5.84. The zero-order valence-electron chi connectivity index (χ0n) is 17.7. The maximum absolute atomic E-state index is 13.5. The first-order valence-electron chi connectivity index (χ1n) is 10.3. The Labute approximate surface area is 185 Å². The lowest BCUT2D eigenvalue weighted by Gasteiger charge is -2.25. The Kier molecular flexibility index (Phi) is 6.03. The van der Waals surface area contributed by atoms with E-state index in [1.165, 1.54) is 0 Å². The molecule has 4 rings (SSSR count). The zero-order valence-corrected chi connectivity index (χ0v) is 18.5. The first-order chi connectivity index (χ1) is 15.0. The Morgan fingerprint density at radius 3 is 2.71 bits per heavy atom. The summed E-state index contributed by atoms with van der Waals surface area (Å²) >= 11 is 6.27. The van der Waals surface area contributed by atoms with E-state index in [1.807, 2.05) is 38.1 Å². The van der Waals surface area contributed by atoms with Crippen LogP contribution >= 0.6 is 11.6 Å². The van der Waals surface area contributed by atoms with E-state index in [0.717, 1.165) is 17.5 Å². The molecule has 1 unspecified atom stereocenters. The van der Waals surface area contributed by atoms with Crippen LogP contribution in [0.1, 0.15) is 46.6 Å². The van der Waals surface area contributed by atoms with Crippen molar-refractivity contribution in [2.75, 3.05) is 26.9 Å². The predicted octanol–water partition coefficient (Wildman–Crippen LogP) is 4.74. The molecule has 2 aromatic carbocycles. The van der Waals surface area contributed by atoms with Gasteiger partial charge in [0.2, 0.25) is 5.76 Å². The summed E-state index contributed by atoms with van der Waals surface area (Å²) in [6.45, 7) is 5.10. The Morgan fingerprint density at radius 2 is 1.97 bits per heavy atom. The summed E-state index contributed by atoms with van der Waals surface area (Å²) < 4.78 is 16.9. The van der Waals surface area contributed by atoms with E-state index in [2.05, 4.69) is 0 Å². The van der Waals surface area contributed by atoms with Crippen LogP contribution in [0, 0.1) is 6.92 Å². The largest absolute Gasteiger partial charge is 0.494 e. The molecular weight excluding hydrogens is 418 g/mol. The van der Waals surface area contributed by atoms with Gasteiger partial charge in [0.25, 0.3) is 5.91 Å². The maximum Gasteiger partial charge on any atom is 0.290 e. The molecule has 1 atom stereocenters. The smallest absolute Gasteiger partial charge is 0.290 e. The molecule has 1 aromatic heterocycles. The van der Waals surface area contributed by atoms with Gasteiger partial charge in [-0.1, -0.05) is 30.7 Å². The summed E-state index contributed by atoms with van der Waals surface area (Å²) in [5.74, 6) is 0.430. The molecule has 0 aliphatic carbocycles. The lowest BCUT2D eigenvalue weighted by Crippen LogP contribution is -2.32. The van der Waals surface area contributed by atoms with Crippen molar-refractivity contribution in [3.63, 3.8) is 0 Å². The third kappa shape index (κ3) is 3.82. The normalized spacial score (nSPS) is 15.5. The Morgan fingerprint density at radius 1 is 1.16 bits per heavy atom. The van der Waals surface area contributed by atoms with Crippen molar-refractivity contribution < 1.29 is 18.7 Å². The molecule has 7 heteroatoms. The number of aryl methyl sites for hydroxylation is 1. The highest BCUT2D eigenvalue weighted by Gasteiger charge is 2.42. The minimum atomic E-state index is -0.594. The highest BCUT2D eigenvalue weighted by Crippen LogP contribution is 2.39. The van der Waals surface area contributed by atoms with E-state index in [1.54, 1.807) is 24.1 Å². The number of carbonyl (C=O) groups excluding carboxylic acids is 1. The van der Waals surface area contributed by atoms with Gasteiger partial charge in [-0.2, -0.15) is 0 Å². The number of nitrogens with zero attached hydrogens (tertiary/aromatic N) is 1. The number of fused-ring (bicyclic) bond motifs is 2. The van der Waals surface area contributed by atoms with Gasteiger partial charge in [-0.15, -0.1) is 0 Å². The van der Waals surface area contributed by atoms with Gasteiger partial charge in [0.05, 0.1) is 30.2 Å². The molecule has 162 valence electrons. The van der Waals surface area contributed by atoms with E-state index in [0.29, 0.717) is 47.1 Å². The van der Waals surface area contributed by atoms with Gasteiger partial charge < -0.3 is 18.8 Å². The van der Waals surface area contributed by atoms with Gasteiger partial charge in [0, 0.05) is 18.7 Å². The SMILES string of the molecule is CCCOc1cccc(C2c3c(oc4cc(C)c(Cl)cc4c3=O)C(=O)N2CCOC)c1. The van der Waals surface area contributed by atoms with Gasteiger partial charge in [-0.3, -0.25) is 9.59 Å². The topological polar surface area (TPSA) is 69.0 Å². The fourth-order valence-corrected chi connectivity index (χ4v) is 4.07. The molecule has 1 aliphatic rings. The number of hydrogen-bond acceptors (Lipinski definition) is 5. The Bertz CT molecular complexity index is 1200. The molecule has 0 N–H and O–H groups in total. The van der Waals surface area contributed by atoms with Crippen molar-refractivity contribution in [2.45, 2.75) is 26.3 Å². The minimum Gasteiger partial charge on any atom is -0.494 e. The third-order valence-electron chi connectivity index (χ3n) is 5.43. The van der Waals surface area contributed by atoms with Crippen molar-refractivity contribution >= 4 is 28.5 Å². The number of amides is 1. The van der Waals surface area contributed by atoms with Gasteiger partial charge >= 0.3 is 0 Å². The first-order valence-corrected chi connectivity index (χ1v) is 10.6. The fourth-order valence-electron chi connectivity index (χ4n) is 3.90. The lowest BCUT2D eigenvalue weighted by molar-refractivity contribution is 0.0663. The quantitative estimate of drug-likeness (QED) is 0.530. The summed E-state index contributed by atoms with van der Waals surface area (Å²) in [5, 5.41) is 0.839. The first kappa shape index (κ1) is 21.4. The number of methoxy groups -OCH3 is 1. The molecule has 2 heterocycles. The molecule has 0 spiro atoms. The number of carbonyl (C=O) groups is 1. The Hall–Kier alpha value is -2.83. The molecule has 6 nitrogen and oxygen atoms in total. The molecular formula is C24H24ClNO5. The van der Waals surface area contributed by atoms with Crippen molar-refractivity contribution in [1.29, 1.82) is 0 Å². The van der Waals surface area contributed by atoms with Crippen LogP contribution < -0.4 is 10.2 Å². The second-order valence-electron chi connectivity index (χ2n) is 7.59. The average molecular weight is 442 g/mol. The molecule has 0 fully saturated rings. The van der Waals surface area contributed by atoms with Crippen LogP contribution in [-0.4, -0.2) is 37.7 Å². The number of halogens is 1. The van der Waals surface area contributed by atoms with Crippen LogP contribution in [0.15, 0.2) is 45.6 Å². The van der Waals surface area contributed by atoms with Crippen LogP contribution in [0.5, 0.6) is 5.75 Å². The van der Waals surface area contributed by atoms with E-state index in [9.17, 15) is 9.59 Å². The van der Waals surface area contributed by atoms with E-state index < -0.39 is 6.04 Å². The molecule has 1 amide bonds. The van der Waals surface area contributed by atoms with Crippen LogP contribution in [0.2, 0.25) is 5.02 Å². The summed E-state index contributed by atoms with van der Waals surface area (Å²) in [6.07, 6.45) is 0.880. The number of benzene rings is 2. The van der Waals surface area contributed by atoms with Gasteiger partial charge in [-0.25, -0.2) is 0 Å². The molecule has 3 aromatic rings. The maximum atomic E-state index is 13.5. The minimum absolute atomic E-state index is 0.0696. The summed E-state index contributed by atoms with van der Waals surface area (Å²) in [7, 11) is 1.57. The molecule has 1 aliphatic heterocycles. The standard InChI is InChI=1S/C24H24ClNO5/c1-4-9-30-16-7-5-6-15(12-16)21-20-22(27)17-13-18(25)14(2)11-19(17)31-23(20)24(28)26(21)8-10-29-3/h5-7,11-13,21H,4,8-10H2,1-3H3. The number of rotatable bonds is 7. The van der Waals surface area contributed by atoms with Gasteiger partial charge in [0.15, 0.2) is 5.43 Å². The highest BCUT2D eigenvalue weighted by atomic mass is 35.5. The summed E-state index contributed by atoms with van der Waals surface area (Å²) in [4.78, 5) is 28.4. The molecule has 0 saturated carbocycles. The van der Waals surface area contributed by atoms with Crippen molar-refractivity contribution in [3.8, 4) is 5.75 Å². The van der Waals surface area contributed by atoms with Crippen LogP contribution in [0.25, 0.3) is 11.0 Å². The van der Waals surface area contributed by atoms with Gasteiger partial charge in [-0.05, 0) is 48.7 Å². The predicted molar refractivity (Wildman–Crippen MR) is 119 cm³/mol.